The lowest BCUT2D eigenvalue weighted by Gasteiger charge is -2.10. The van der Waals surface area contributed by atoms with E-state index in [4.69, 9.17) is 4.74 Å². The lowest BCUT2D eigenvalue weighted by Crippen LogP contribution is -2.18. The first-order valence-electron chi connectivity index (χ1n) is 6.05. The van der Waals surface area contributed by atoms with Crippen molar-refractivity contribution in [3.8, 4) is 11.3 Å². The molecule has 1 aromatic carbocycles. The van der Waals surface area contributed by atoms with Gasteiger partial charge in [0.25, 0.3) is 0 Å². The lowest BCUT2D eigenvalue weighted by atomic mass is 10.1. The summed E-state index contributed by atoms with van der Waals surface area (Å²) in [5.74, 6) is 0.429. The van der Waals surface area contributed by atoms with E-state index >= 15 is 0 Å². The van der Waals surface area contributed by atoms with E-state index in [1.165, 1.54) is 12.1 Å². The molecule has 0 amide bonds. The van der Waals surface area contributed by atoms with Gasteiger partial charge in [-0.2, -0.15) is 0 Å². The van der Waals surface area contributed by atoms with Gasteiger partial charge in [-0.1, -0.05) is 0 Å². The molecule has 0 aliphatic heterocycles. The molecule has 0 saturated heterocycles. The van der Waals surface area contributed by atoms with Gasteiger partial charge in [0.2, 0.25) is 0 Å². The van der Waals surface area contributed by atoms with Crippen molar-refractivity contribution < 1.29 is 9.13 Å². The molecule has 2 rings (SSSR count). The minimum Gasteiger partial charge on any atom is -0.380 e. The van der Waals surface area contributed by atoms with Crippen molar-refractivity contribution >= 4 is 5.82 Å². The van der Waals surface area contributed by atoms with E-state index < -0.39 is 0 Å². The van der Waals surface area contributed by atoms with E-state index in [9.17, 15) is 4.39 Å². The Balaban J connectivity index is 2.04. The summed E-state index contributed by atoms with van der Waals surface area (Å²) >= 11 is 0. The molecule has 4 nitrogen and oxygen atoms in total. The summed E-state index contributed by atoms with van der Waals surface area (Å²) in [5, 5.41) is 11.3. The van der Waals surface area contributed by atoms with E-state index in [1.807, 2.05) is 19.1 Å². The number of anilines is 1. The van der Waals surface area contributed by atoms with Crippen molar-refractivity contribution in [3.63, 3.8) is 0 Å². The van der Waals surface area contributed by atoms with Crippen LogP contribution >= 0.6 is 0 Å². The van der Waals surface area contributed by atoms with E-state index in [-0.39, 0.29) is 11.9 Å². The zero-order valence-corrected chi connectivity index (χ0v) is 10.9. The van der Waals surface area contributed by atoms with Crippen LogP contribution in [-0.2, 0) is 4.74 Å². The van der Waals surface area contributed by atoms with Crippen LogP contribution in [0, 0.1) is 5.82 Å². The van der Waals surface area contributed by atoms with Gasteiger partial charge in [0.05, 0.1) is 11.8 Å². The molecule has 0 spiro atoms. The Bertz CT molecular complexity index is 513. The maximum absolute atomic E-state index is 12.8. The number of hydrogen-bond acceptors (Lipinski definition) is 4. The number of benzene rings is 1. The summed E-state index contributed by atoms with van der Waals surface area (Å²) in [6, 6.07) is 9.86. The first kappa shape index (κ1) is 13.4. The van der Waals surface area contributed by atoms with Gasteiger partial charge in [-0.15, -0.1) is 10.2 Å². The molecule has 1 aromatic heterocycles. The van der Waals surface area contributed by atoms with Crippen LogP contribution in [0.3, 0.4) is 0 Å². The quantitative estimate of drug-likeness (QED) is 0.899. The second-order valence-corrected chi connectivity index (χ2v) is 4.24. The van der Waals surface area contributed by atoms with Crippen molar-refractivity contribution in [2.24, 2.45) is 0 Å². The summed E-state index contributed by atoms with van der Waals surface area (Å²) in [7, 11) is 1.66. The Morgan fingerprint density at radius 3 is 2.47 bits per heavy atom. The number of halogens is 1. The van der Waals surface area contributed by atoms with Crippen molar-refractivity contribution in [1.29, 1.82) is 0 Å². The normalized spacial score (nSPS) is 12.2. The van der Waals surface area contributed by atoms with E-state index in [2.05, 4.69) is 15.5 Å². The monoisotopic (exact) mass is 261 g/mol. The highest BCUT2D eigenvalue weighted by atomic mass is 19.1. The van der Waals surface area contributed by atoms with Crippen molar-refractivity contribution in [1.82, 2.24) is 10.2 Å². The Hall–Kier alpha value is -2.01. The van der Waals surface area contributed by atoms with Crippen LogP contribution in [0.2, 0.25) is 0 Å². The van der Waals surface area contributed by atoms with Gasteiger partial charge in [0.15, 0.2) is 0 Å². The summed E-state index contributed by atoms with van der Waals surface area (Å²) in [5.41, 5.74) is 1.55. The Morgan fingerprint density at radius 2 is 1.89 bits per heavy atom. The van der Waals surface area contributed by atoms with Gasteiger partial charge in [-0.25, -0.2) is 4.39 Å². The van der Waals surface area contributed by atoms with Crippen molar-refractivity contribution in [2.45, 2.75) is 13.0 Å². The fraction of sp³-hybridized carbons (Fsp3) is 0.286. The third-order valence-electron chi connectivity index (χ3n) is 2.78. The van der Waals surface area contributed by atoms with Crippen LogP contribution < -0.4 is 5.32 Å². The second-order valence-electron chi connectivity index (χ2n) is 4.24. The molecule has 1 N–H and O–H groups in total. The molecule has 1 unspecified atom stereocenters. The van der Waals surface area contributed by atoms with Crippen molar-refractivity contribution in [2.75, 3.05) is 19.0 Å². The lowest BCUT2D eigenvalue weighted by molar-refractivity contribution is 0.128. The highest BCUT2D eigenvalue weighted by Gasteiger charge is 2.03. The highest BCUT2D eigenvalue weighted by Crippen LogP contribution is 2.17. The molecule has 100 valence electrons. The van der Waals surface area contributed by atoms with Gasteiger partial charge in [-0.05, 0) is 43.3 Å². The predicted octanol–water partition coefficient (Wildman–Crippen LogP) is 2.73. The molecule has 1 heterocycles. The zero-order chi connectivity index (χ0) is 13.7. The van der Waals surface area contributed by atoms with Crippen LogP contribution in [0.25, 0.3) is 11.3 Å². The summed E-state index contributed by atoms with van der Waals surface area (Å²) in [6.45, 7) is 2.63. The third kappa shape index (κ3) is 3.72. The number of aromatic nitrogens is 2. The molecule has 5 heteroatoms. The number of rotatable bonds is 5. The first-order valence-corrected chi connectivity index (χ1v) is 6.05. The fourth-order valence-electron chi connectivity index (χ4n) is 1.53. The molecule has 0 aliphatic rings. The molecule has 19 heavy (non-hydrogen) atoms. The molecule has 0 bridgehead atoms. The smallest absolute Gasteiger partial charge is 0.148 e. The molecular formula is C14H16FN3O. The van der Waals surface area contributed by atoms with Crippen LogP contribution in [0.15, 0.2) is 36.4 Å². The molecule has 0 saturated carbocycles. The van der Waals surface area contributed by atoms with E-state index in [0.29, 0.717) is 18.1 Å². The SMILES string of the molecule is COC(C)CNc1ccc(-c2ccc(F)cc2)nn1. The van der Waals surface area contributed by atoms with Gasteiger partial charge in [0.1, 0.15) is 11.6 Å². The number of hydrogen-bond donors (Lipinski definition) is 1. The van der Waals surface area contributed by atoms with Gasteiger partial charge < -0.3 is 10.1 Å². The number of methoxy groups -OCH3 is 1. The maximum Gasteiger partial charge on any atom is 0.148 e. The summed E-state index contributed by atoms with van der Waals surface area (Å²) in [4.78, 5) is 0. The number of nitrogens with one attached hydrogen (secondary N) is 1. The standard InChI is InChI=1S/C14H16FN3O/c1-10(19-2)9-16-14-8-7-13(17-18-14)11-3-5-12(15)6-4-11/h3-8,10H,9H2,1-2H3,(H,16,18). The average molecular weight is 261 g/mol. The van der Waals surface area contributed by atoms with Gasteiger partial charge >= 0.3 is 0 Å². The number of ether oxygens (including phenoxy) is 1. The van der Waals surface area contributed by atoms with Crippen LogP contribution in [0.5, 0.6) is 0 Å². The second kappa shape index (κ2) is 6.24. The van der Waals surface area contributed by atoms with E-state index in [0.717, 1.165) is 5.56 Å². The van der Waals surface area contributed by atoms with E-state index in [1.54, 1.807) is 19.2 Å². The van der Waals surface area contributed by atoms with Crippen LogP contribution in [0.1, 0.15) is 6.92 Å². The molecular weight excluding hydrogens is 245 g/mol. The molecule has 0 aliphatic carbocycles. The largest absolute Gasteiger partial charge is 0.380 e. The van der Waals surface area contributed by atoms with Gasteiger partial charge in [0, 0.05) is 19.2 Å². The average Bonchev–Trinajstić information content (AvgIpc) is 2.46. The Labute approximate surface area is 111 Å². The fourth-order valence-corrected chi connectivity index (χ4v) is 1.53. The Morgan fingerprint density at radius 1 is 1.16 bits per heavy atom. The van der Waals surface area contributed by atoms with Crippen molar-refractivity contribution in [3.05, 3.63) is 42.2 Å². The zero-order valence-electron chi connectivity index (χ0n) is 10.9. The predicted molar refractivity (Wildman–Crippen MR) is 72.4 cm³/mol. The summed E-state index contributed by atoms with van der Waals surface area (Å²) < 4.78 is 17.9. The van der Waals surface area contributed by atoms with Crippen LogP contribution in [0.4, 0.5) is 10.2 Å². The minimum atomic E-state index is -0.261. The minimum absolute atomic E-state index is 0.110. The topological polar surface area (TPSA) is 47.0 Å². The van der Waals surface area contributed by atoms with Gasteiger partial charge in [-0.3, -0.25) is 0 Å². The van der Waals surface area contributed by atoms with Crippen LogP contribution in [-0.4, -0.2) is 30.0 Å². The summed E-state index contributed by atoms with van der Waals surface area (Å²) in [6.07, 6.45) is 0.110. The molecule has 0 fully saturated rings. The first-order chi connectivity index (χ1) is 9.19. The highest BCUT2D eigenvalue weighted by molar-refractivity contribution is 5.59. The molecule has 2 aromatic rings. The Kier molecular flexibility index (Phi) is 4.41. The third-order valence-corrected chi connectivity index (χ3v) is 2.78. The molecule has 0 radical (unpaired) electrons. The maximum atomic E-state index is 12.8. The number of nitrogens with zero attached hydrogens (tertiary/aromatic N) is 2. The molecule has 1 atom stereocenters.